The van der Waals surface area contributed by atoms with Crippen molar-refractivity contribution in [3.05, 3.63) is 0 Å². The Kier molecular flexibility index (Phi) is 6.32. The number of amides is 2. The molecule has 1 heterocycles. The molecule has 2 unspecified atom stereocenters. The SMILES string of the molecule is CCCC1NC(=O)C(CCC)N(CCC(C)C)C1=O. The largest absolute Gasteiger partial charge is 0.343 e. The van der Waals surface area contributed by atoms with Crippen molar-refractivity contribution in [1.29, 1.82) is 0 Å². The summed E-state index contributed by atoms with van der Waals surface area (Å²) in [5, 5.41) is 2.89. The van der Waals surface area contributed by atoms with E-state index >= 15 is 0 Å². The van der Waals surface area contributed by atoms with E-state index in [1.54, 1.807) is 0 Å². The fourth-order valence-corrected chi connectivity index (χ4v) is 2.53. The van der Waals surface area contributed by atoms with Crippen LogP contribution < -0.4 is 5.32 Å². The maximum absolute atomic E-state index is 12.5. The molecule has 0 aliphatic carbocycles. The molecule has 110 valence electrons. The molecule has 1 aliphatic heterocycles. The van der Waals surface area contributed by atoms with Gasteiger partial charge in [0, 0.05) is 6.54 Å². The van der Waals surface area contributed by atoms with Crippen molar-refractivity contribution < 1.29 is 9.59 Å². The van der Waals surface area contributed by atoms with Crippen molar-refractivity contribution in [3.8, 4) is 0 Å². The molecule has 0 aromatic heterocycles. The third kappa shape index (κ3) is 4.22. The third-order valence-electron chi connectivity index (χ3n) is 3.66. The van der Waals surface area contributed by atoms with Gasteiger partial charge in [-0.05, 0) is 25.2 Å². The van der Waals surface area contributed by atoms with Crippen LogP contribution in [0.3, 0.4) is 0 Å². The molecule has 0 aromatic carbocycles. The van der Waals surface area contributed by atoms with Gasteiger partial charge in [-0.2, -0.15) is 0 Å². The van der Waals surface area contributed by atoms with E-state index in [4.69, 9.17) is 0 Å². The van der Waals surface area contributed by atoms with Crippen molar-refractivity contribution in [3.63, 3.8) is 0 Å². The van der Waals surface area contributed by atoms with Crippen LogP contribution in [0.15, 0.2) is 0 Å². The highest BCUT2D eigenvalue weighted by Crippen LogP contribution is 2.18. The van der Waals surface area contributed by atoms with Crippen LogP contribution in [-0.2, 0) is 9.59 Å². The minimum Gasteiger partial charge on any atom is -0.343 e. The summed E-state index contributed by atoms with van der Waals surface area (Å²) < 4.78 is 0. The van der Waals surface area contributed by atoms with E-state index in [9.17, 15) is 9.59 Å². The van der Waals surface area contributed by atoms with Crippen molar-refractivity contribution in [1.82, 2.24) is 10.2 Å². The fourth-order valence-electron chi connectivity index (χ4n) is 2.53. The van der Waals surface area contributed by atoms with Crippen LogP contribution in [0.4, 0.5) is 0 Å². The predicted octanol–water partition coefficient (Wildman–Crippen LogP) is 2.33. The number of carbonyl (C=O) groups excluding carboxylic acids is 2. The zero-order valence-electron chi connectivity index (χ0n) is 12.7. The van der Waals surface area contributed by atoms with E-state index in [0.717, 1.165) is 32.1 Å². The molecule has 0 radical (unpaired) electrons. The van der Waals surface area contributed by atoms with Crippen LogP contribution in [-0.4, -0.2) is 35.3 Å². The molecule has 4 nitrogen and oxygen atoms in total. The van der Waals surface area contributed by atoms with Crippen LogP contribution >= 0.6 is 0 Å². The summed E-state index contributed by atoms with van der Waals surface area (Å²) >= 11 is 0. The summed E-state index contributed by atoms with van der Waals surface area (Å²) in [4.78, 5) is 26.5. The number of hydrogen-bond acceptors (Lipinski definition) is 2. The standard InChI is InChI=1S/C15H28N2O2/c1-5-7-12-15(19)17(10-9-11(3)4)13(8-6-2)14(18)16-12/h11-13H,5-10H2,1-4H3,(H,16,18). The first-order chi connectivity index (χ1) is 9.01. The van der Waals surface area contributed by atoms with Crippen molar-refractivity contribution in [2.24, 2.45) is 5.92 Å². The molecule has 2 atom stereocenters. The monoisotopic (exact) mass is 268 g/mol. The van der Waals surface area contributed by atoms with Crippen LogP contribution in [0.5, 0.6) is 0 Å². The third-order valence-corrected chi connectivity index (χ3v) is 3.66. The highest BCUT2D eigenvalue weighted by molar-refractivity contribution is 5.96. The lowest BCUT2D eigenvalue weighted by molar-refractivity contribution is -0.150. The van der Waals surface area contributed by atoms with Gasteiger partial charge in [0.25, 0.3) is 0 Å². The van der Waals surface area contributed by atoms with Crippen LogP contribution in [0, 0.1) is 5.92 Å². The molecule has 0 aromatic rings. The van der Waals surface area contributed by atoms with E-state index in [2.05, 4.69) is 26.1 Å². The fraction of sp³-hybridized carbons (Fsp3) is 0.867. The summed E-state index contributed by atoms with van der Waals surface area (Å²) in [6, 6.07) is -0.567. The molecular weight excluding hydrogens is 240 g/mol. The van der Waals surface area contributed by atoms with Gasteiger partial charge in [0.1, 0.15) is 12.1 Å². The van der Waals surface area contributed by atoms with Gasteiger partial charge in [-0.3, -0.25) is 9.59 Å². The van der Waals surface area contributed by atoms with Crippen molar-refractivity contribution >= 4 is 11.8 Å². The average Bonchev–Trinajstić information content (AvgIpc) is 2.35. The molecule has 1 fully saturated rings. The Morgan fingerprint density at radius 1 is 1.16 bits per heavy atom. The molecular formula is C15H28N2O2. The Bertz CT molecular complexity index is 315. The molecule has 19 heavy (non-hydrogen) atoms. The Hall–Kier alpha value is -1.06. The predicted molar refractivity (Wildman–Crippen MR) is 76.7 cm³/mol. The van der Waals surface area contributed by atoms with E-state index in [1.807, 2.05) is 11.8 Å². The number of carbonyl (C=O) groups is 2. The van der Waals surface area contributed by atoms with Gasteiger partial charge in [-0.25, -0.2) is 0 Å². The Labute approximate surface area is 116 Å². The number of nitrogens with one attached hydrogen (secondary N) is 1. The maximum atomic E-state index is 12.5. The molecule has 1 saturated heterocycles. The first-order valence-electron chi connectivity index (χ1n) is 7.62. The van der Waals surface area contributed by atoms with Gasteiger partial charge in [-0.1, -0.05) is 40.5 Å². The second kappa shape index (κ2) is 7.51. The summed E-state index contributed by atoms with van der Waals surface area (Å²) in [6.45, 7) is 9.08. The maximum Gasteiger partial charge on any atom is 0.245 e. The van der Waals surface area contributed by atoms with E-state index in [0.29, 0.717) is 12.5 Å². The molecule has 2 amide bonds. The highest BCUT2D eigenvalue weighted by Gasteiger charge is 2.38. The first-order valence-corrected chi connectivity index (χ1v) is 7.62. The molecule has 0 saturated carbocycles. The topological polar surface area (TPSA) is 49.4 Å². The van der Waals surface area contributed by atoms with Crippen molar-refractivity contribution in [2.75, 3.05) is 6.54 Å². The molecule has 1 rings (SSSR count). The summed E-state index contributed by atoms with van der Waals surface area (Å²) in [6.07, 6.45) is 4.28. The normalized spacial score (nSPS) is 23.9. The summed E-state index contributed by atoms with van der Waals surface area (Å²) in [5.74, 6) is 0.689. The summed E-state index contributed by atoms with van der Waals surface area (Å²) in [5.41, 5.74) is 0. The summed E-state index contributed by atoms with van der Waals surface area (Å²) in [7, 11) is 0. The molecule has 1 aliphatic rings. The Morgan fingerprint density at radius 3 is 2.32 bits per heavy atom. The van der Waals surface area contributed by atoms with Gasteiger partial charge < -0.3 is 10.2 Å². The lowest BCUT2D eigenvalue weighted by Gasteiger charge is -2.39. The quantitative estimate of drug-likeness (QED) is 0.770. The Balaban J connectivity index is 2.80. The first kappa shape index (κ1) is 16.0. The second-order valence-electron chi connectivity index (χ2n) is 5.87. The van der Waals surface area contributed by atoms with Gasteiger partial charge in [-0.15, -0.1) is 0 Å². The second-order valence-corrected chi connectivity index (χ2v) is 5.87. The smallest absolute Gasteiger partial charge is 0.245 e. The van der Waals surface area contributed by atoms with E-state index in [-0.39, 0.29) is 23.9 Å². The molecule has 0 spiro atoms. The highest BCUT2D eigenvalue weighted by atomic mass is 16.2. The van der Waals surface area contributed by atoms with Crippen LogP contribution in [0.25, 0.3) is 0 Å². The van der Waals surface area contributed by atoms with Gasteiger partial charge in [0.05, 0.1) is 0 Å². The molecule has 1 N–H and O–H groups in total. The lowest BCUT2D eigenvalue weighted by atomic mass is 9.99. The minimum absolute atomic E-state index is 0.0312. The lowest BCUT2D eigenvalue weighted by Crippen LogP contribution is -2.63. The van der Waals surface area contributed by atoms with Crippen LogP contribution in [0.1, 0.15) is 59.8 Å². The van der Waals surface area contributed by atoms with Crippen LogP contribution in [0.2, 0.25) is 0 Å². The van der Waals surface area contributed by atoms with Gasteiger partial charge in [0.15, 0.2) is 0 Å². The number of hydrogen-bond donors (Lipinski definition) is 1. The Morgan fingerprint density at radius 2 is 1.79 bits per heavy atom. The van der Waals surface area contributed by atoms with Gasteiger partial charge >= 0.3 is 0 Å². The van der Waals surface area contributed by atoms with Gasteiger partial charge in [0.2, 0.25) is 11.8 Å². The number of piperazine rings is 1. The zero-order chi connectivity index (χ0) is 14.4. The van der Waals surface area contributed by atoms with E-state index in [1.165, 1.54) is 0 Å². The zero-order valence-corrected chi connectivity index (χ0v) is 12.7. The van der Waals surface area contributed by atoms with E-state index < -0.39 is 0 Å². The molecule has 0 bridgehead atoms. The molecule has 4 heteroatoms. The number of nitrogens with zero attached hydrogens (tertiary/aromatic N) is 1. The minimum atomic E-state index is -0.308. The van der Waals surface area contributed by atoms with Crippen molar-refractivity contribution in [2.45, 2.75) is 71.9 Å². The number of rotatable bonds is 7. The average molecular weight is 268 g/mol.